The predicted molar refractivity (Wildman–Crippen MR) is 86.5 cm³/mol. The highest BCUT2D eigenvalue weighted by molar-refractivity contribution is 5.68. The number of aryl methyl sites for hydroxylation is 1. The number of carboxylic acids is 1. The number of hydrogen-bond donors (Lipinski definition) is 1. The van der Waals surface area contributed by atoms with Gasteiger partial charge in [-0.05, 0) is 31.1 Å². The van der Waals surface area contributed by atoms with Gasteiger partial charge in [-0.25, -0.2) is 0 Å². The molecule has 2 aromatic rings. The number of benzene rings is 1. The Morgan fingerprint density at radius 2 is 1.96 bits per heavy atom. The van der Waals surface area contributed by atoms with Gasteiger partial charge in [0.05, 0.1) is 5.56 Å². The average Bonchev–Trinajstić information content (AvgIpc) is 2.52. The molecule has 0 fully saturated rings. The number of ether oxygens (including phenoxy) is 1. The van der Waals surface area contributed by atoms with Gasteiger partial charge < -0.3 is 14.4 Å². The molecule has 0 amide bonds. The van der Waals surface area contributed by atoms with Gasteiger partial charge in [0, 0.05) is 11.8 Å². The molecule has 0 saturated carbocycles. The zero-order valence-electron chi connectivity index (χ0n) is 12.9. The van der Waals surface area contributed by atoms with Crippen LogP contribution in [0.4, 0.5) is 0 Å². The lowest BCUT2D eigenvalue weighted by molar-refractivity contribution is -0.137. The first-order chi connectivity index (χ1) is 11.0. The zero-order chi connectivity index (χ0) is 16.6. The van der Waals surface area contributed by atoms with Crippen LogP contribution in [0.25, 0.3) is 6.08 Å². The van der Waals surface area contributed by atoms with E-state index in [9.17, 15) is 9.59 Å². The molecule has 0 aliphatic carbocycles. The molecule has 1 N–H and O–H groups in total. The molecule has 0 unspecified atom stereocenters. The summed E-state index contributed by atoms with van der Waals surface area (Å²) >= 11 is 0. The number of hydrogen-bond acceptors (Lipinski definition) is 3. The summed E-state index contributed by atoms with van der Waals surface area (Å²) in [6.45, 7) is 3.26. The molecule has 1 aliphatic rings. The van der Waals surface area contributed by atoms with Crippen LogP contribution in [-0.2, 0) is 11.3 Å². The summed E-state index contributed by atoms with van der Waals surface area (Å²) < 4.78 is 7.27. The highest BCUT2D eigenvalue weighted by Gasteiger charge is 2.25. The molecule has 118 valence electrons. The lowest BCUT2D eigenvalue weighted by Gasteiger charge is -2.26. The van der Waals surface area contributed by atoms with Crippen LogP contribution < -0.4 is 10.3 Å². The minimum absolute atomic E-state index is 0.238. The molecule has 1 aliphatic heterocycles. The molecule has 0 spiro atoms. The largest absolute Gasteiger partial charge is 0.480 e. The summed E-state index contributed by atoms with van der Waals surface area (Å²) in [7, 11) is 0. The topological polar surface area (TPSA) is 68.5 Å². The van der Waals surface area contributed by atoms with Crippen LogP contribution in [0.15, 0.2) is 46.8 Å². The van der Waals surface area contributed by atoms with E-state index in [1.165, 1.54) is 4.57 Å². The van der Waals surface area contributed by atoms with Crippen molar-refractivity contribution in [3.05, 3.63) is 69.1 Å². The molecule has 1 atom stereocenters. The Balaban J connectivity index is 2.08. The van der Waals surface area contributed by atoms with Gasteiger partial charge in [0.1, 0.15) is 18.4 Å². The maximum absolute atomic E-state index is 12.5. The minimum Gasteiger partial charge on any atom is -0.480 e. The molecule has 3 rings (SSSR count). The first kappa shape index (κ1) is 15.1. The van der Waals surface area contributed by atoms with E-state index in [4.69, 9.17) is 9.84 Å². The van der Waals surface area contributed by atoms with Crippen molar-refractivity contribution < 1.29 is 14.6 Å². The first-order valence-electron chi connectivity index (χ1n) is 7.33. The Morgan fingerprint density at radius 3 is 2.61 bits per heavy atom. The third-order valence-corrected chi connectivity index (χ3v) is 3.93. The van der Waals surface area contributed by atoms with Crippen molar-refractivity contribution >= 4 is 12.0 Å². The predicted octanol–water partition coefficient (Wildman–Crippen LogP) is 2.78. The molecule has 2 heterocycles. The Labute approximate surface area is 133 Å². The van der Waals surface area contributed by atoms with Crippen LogP contribution in [0.3, 0.4) is 0 Å². The van der Waals surface area contributed by atoms with Crippen molar-refractivity contribution in [1.29, 1.82) is 0 Å². The summed E-state index contributed by atoms with van der Waals surface area (Å²) in [6, 6.07) is 11.5. The lowest BCUT2D eigenvalue weighted by atomic mass is 9.98. The minimum atomic E-state index is -1.05. The maximum Gasteiger partial charge on any atom is 0.323 e. The Bertz CT molecular complexity index is 849. The van der Waals surface area contributed by atoms with Crippen molar-refractivity contribution in [2.75, 3.05) is 0 Å². The molecule has 0 bridgehead atoms. The van der Waals surface area contributed by atoms with Crippen molar-refractivity contribution in [2.24, 2.45) is 0 Å². The number of fused-ring (bicyclic) bond motifs is 1. The van der Waals surface area contributed by atoms with Gasteiger partial charge in [-0.3, -0.25) is 9.59 Å². The maximum atomic E-state index is 12.5. The summed E-state index contributed by atoms with van der Waals surface area (Å²) in [5.74, 6) is -0.552. The summed E-state index contributed by atoms with van der Waals surface area (Å²) in [5, 5.41) is 8.96. The van der Waals surface area contributed by atoms with Gasteiger partial charge in [0.15, 0.2) is 0 Å². The van der Waals surface area contributed by atoms with Crippen LogP contribution in [0.5, 0.6) is 5.75 Å². The van der Waals surface area contributed by atoms with E-state index in [0.717, 1.165) is 11.1 Å². The van der Waals surface area contributed by atoms with Gasteiger partial charge in [-0.2, -0.15) is 0 Å². The van der Waals surface area contributed by atoms with E-state index < -0.39 is 5.97 Å². The van der Waals surface area contributed by atoms with Crippen LogP contribution in [0.2, 0.25) is 0 Å². The van der Waals surface area contributed by atoms with E-state index >= 15 is 0 Å². The third-order valence-electron chi connectivity index (χ3n) is 3.93. The fourth-order valence-corrected chi connectivity index (χ4v) is 2.80. The molecule has 0 saturated heterocycles. The van der Waals surface area contributed by atoms with Crippen molar-refractivity contribution in [3.8, 4) is 5.75 Å². The van der Waals surface area contributed by atoms with Gasteiger partial charge in [0.2, 0.25) is 0 Å². The second-order valence-corrected chi connectivity index (χ2v) is 5.65. The fourth-order valence-electron chi connectivity index (χ4n) is 2.80. The molecular formula is C18H17NO4. The fraction of sp³-hybridized carbons (Fsp3) is 0.222. The number of pyridine rings is 1. The zero-order valence-corrected chi connectivity index (χ0v) is 12.9. The average molecular weight is 311 g/mol. The quantitative estimate of drug-likeness (QED) is 0.946. The second-order valence-electron chi connectivity index (χ2n) is 5.65. The van der Waals surface area contributed by atoms with Crippen molar-refractivity contribution in [2.45, 2.75) is 26.5 Å². The van der Waals surface area contributed by atoms with Crippen LogP contribution in [0.1, 0.15) is 29.8 Å². The standard InChI is InChI=1S/C18H17NO4/c1-11-8-14-15(23-17(11)13-6-4-3-5-7-13)9-12(2)19(18(14)22)10-16(20)21/h3-9,17H,10H2,1-2H3,(H,20,21)/t17-/m1/s1. The number of carboxylic acid groups (broad SMARTS) is 1. The molecule has 5 heteroatoms. The Hall–Kier alpha value is -2.82. The lowest BCUT2D eigenvalue weighted by Crippen LogP contribution is -2.30. The number of nitrogens with zero attached hydrogens (tertiary/aromatic N) is 1. The van der Waals surface area contributed by atoms with E-state index in [1.54, 1.807) is 19.1 Å². The highest BCUT2D eigenvalue weighted by Crippen LogP contribution is 2.35. The Kier molecular flexibility index (Phi) is 3.78. The number of aliphatic carboxylic acids is 1. The Morgan fingerprint density at radius 1 is 1.26 bits per heavy atom. The molecule has 1 aromatic carbocycles. The molecule has 5 nitrogen and oxygen atoms in total. The SMILES string of the molecule is CC1=Cc2c(cc(C)n(CC(=O)O)c2=O)O[C@H]1c1ccccc1. The van der Waals surface area contributed by atoms with Gasteiger partial charge >= 0.3 is 5.97 Å². The molecule has 0 radical (unpaired) electrons. The third kappa shape index (κ3) is 2.77. The summed E-state index contributed by atoms with van der Waals surface area (Å²) in [6.07, 6.45) is 1.55. The molecule has 1 aromatic heterocycles. The normalized spacial score (nSPS) is 16.3. The van der Waals surface area contributed by atoms with Crippen molar-refractivity contribution in [1.82, 2.24) is 4.57 Å². The van der Waals surface area contributed by atoms with E-state index in [-0.39, 0.29) is 18.2 Å². The van der Waals surface area contributed by atoms with Crippen LogP contribution >= 0.6 is 0 Å². The van der Waals surface area contributed by atoms with Gasteiger partial charge in [-0.1, -0.05) is 30.3 Å². The smallest absolute Gasteiger partial charge is 0.323 e. The molecular weight excluding hydrogens is 294 g/mol. The van der Waals surface area contributed by atoms with Crippen molar-refractivity contribution in [3.63, 3.8) is 0 Å². The second kappa shape index (κ2) is 5.76. The summed E-state index contributed by atoms with van der Waals surface area (Å²) in [5.41, 5.74) is 2.55. The van der Waals surface area contributed by atoms with E-state index in [1.807, 2.05) is 37.3 Å². The molecule has 23 heavy (non-hydrogen) atoms. The van der Waals surface area contributed by atoms with E-state index in [0.29, 0.717) is 17.0 Å². The monoisotopic (exact) mass is 311 g/mol. The highest BCUT2D eigenvalue weighted by atomic mass is 16.5. The van der Waals surface area contributed by atoms with Crippen LogP contribution in [0, 0.1) is 6.92 Å². The summed E-state index contributed by atoms with van der Waals surface area (Å²) in [4.78, 5) is 23.5. The van der Waals surface area contributed by atoms with Gasteiger partial charge in [0.25, 0.3) is 5.56 Å². The number of aromatic nitrogens is 1. The van der Waals surface area contributed by atoms with E-state index in [2.05, 4.69) is 0 Å². The van der Waals surface area contributed by atoms with Crippen LogP contribution in [-0.4, -0.2) is 15.6 Å². The number of carbonyl (C=O) groups is 1. The van der Waals surface area contributed by atoms with Gasteiger partial charge in [-0.15, -0.1) is 0 Å². The number of rotatable bonds is 3. The first-order valence-corrected chi connectivity index (χ1v) is 7.33.